The second-order valence-corrected chi connectivity index (χ2v) is 5.40. The highest BCUT2D eigenvalue weighted by Gasteiger charge is 2.19. The monoisotopic (exact) mass is 281 g/mol. The van der Waals surface area contributed by atoms with Crippen LogP contribution in [0.3, 0.4) is 0 Å². The van der Waals surface area contributed by atoms with Gasteiger partial charge < -0.3 is 10.6 Å². The molecule has 106 valence electrons. The van der Waals surface area contributed by atoms with Crippen LogP contribution >= 0.6 is 11.8 Å². The van der Waals surface area contributed by atoms with Crippen molar-refractivity contribution in [2.75, 3.05) is 25.1 Å². The zero-order chi connectivity index (χ0) is 14.1. The highest BCUT2D eigenvalue weighted by Crippen LogP contribution is 2.05. The molecule has 1 amide bonds. The van der Waals surface area contributed by atoms with E-state index in [9.17, 15) is 4.79 Å². The van der Waals surface area contributed by atoms with Crippen molar-refractivity contribution in [3.8, 4) is 0 Å². The van der Waals surface area contributed by atoms with E-state index in [4.69, 9.17) is 5.73 Å². The summed E-state index contributed by atoms with van der Waals surface area (Å²) in [5.41, 5.74) is 7.13. The quantitative estimate of drug-likeness (QED) is 0.785. The number of pyridine rings is 1. The van der Waals surface area contributed by atoms with Gasteiger partial charge in [0.2, 0.25) is 5.91 Å². The lowest BCUT2D eigenvalue weighted by molar-refractivity contribution is -0.132. The first-order valence-electron chi connectivity index (χ1n) is 6.61. The molecular formula is C14H23N3OS. The molecule has 1 aromatic rings. The summed E-state index contributed by atoms with van der Waals surface area (Å²) in [6.45, 7) is 3.41. The SMILES string of the molecule is CCN(CCc1ccncc1)C(=O)[C@@H](N)CCSC. The van der Waals surface area contributed by atoms with Crippen LogP contribution in [0.15, 0.2) is 24.5 Å². The number of likely N-dealkylation sites (N-methyl/N-ethyl adjacent to an activating group) is 1. The molecule has 0 aromatic carbocycles. The highest BCUT2D eigenvalue weighted by atomic mass is 32.2. The van der Waals surface area contributed by atoms with Gasteiger partial charge in [-0.2, -0.15) is 11.8 Å². The van der Waals surface area contributed by atoms with Crippen LogP contribution in [-0.4, -0.2) is 46.9 Å². The summed E-state index contributed by atoms with van der Waals surface area (Å²) in [6, 6.07) is 3.59. The maximum Gasteiger partial charge on any atom is 0.239 e. The minimum atomic E-state index is -0.371. The Kier molecular flexibility index (Phi) is 7.52. The lowest BCUT2D eigenvalue weighted by Gasteiger charge is -2.24. The number of amides is 1. The van der Waals surface area contributed by atoms with E-state index >= 15 is 0 Å². The standard InChI is InChI=1S/C14H23N3OS/c1-3-17(14(18)13(15)7-11-19-2)10-6-12-4-8-16-9-5-12/h4-5,8-9,13H,3,6-7,10-11,15H2,1-2H3/t13-/m0/s1. The lowest BCUT2D eigenvalue weighted by atomic mass is 10.1. The smallest absolute Gasteiger partial charge is 0.239 e. The fourth-order valence-corrected chi connectivity index (χ4v) is 2.33. The Hall–Kier alpha value is -1.07. The van der Waals surface area contributed by atoms with Crippen LogP contribution in [0.5, 0.6) is 0 Å². The third-order valence-corrected chi connectivity index (χ3v) is 3.71. The highest BCUT2D eigenvalue weighted by molar-refractivity contribution is 7.98. The number of hydrogen-bond acceptors (Lipinski definition) is 4. The summed E-state index contributed by atoms with van der Waals surface area (Å²) in [5, 5.41) is 0. The lowest BCUT2D eigenvalue weighted by Crippen LogP contribution is -2.44. The van der Waals surface area contributed by atoms with Crippen molar-refractivity contribution in [3.63, 3.8) is 0 Å². The third-order valence-electron chi connectivity index (χ3n) is 3.06. The molecule has 4 nitrogen and oxygen atoms in total. The Bertz CT molecular complexity index is 372. The van der Waals surface area contributed by atoms with Gasteiger partial charge in [0, 0.05) is 25.5 Å². The number of hydrogen-bond donors (Lipinski definition) is 1. The summed E-state index contributed by atoms with van der Waals surface area (Å²) in [7, 11) is 0. The van der Waals surface area contributed by atoms with Crippen molar-refractivity contribution in [1.82, 2.24) is 9.88 Å². The maximum atomic E-state index is 12.2. The molecular weight excluding hydrogens is 258 g/mol. The summed E-state index contributed by atoms with van der Waals surface area (Å²) >= 11 is 1.72. The van der Waals surface area contributed by atoms with Crippen molar-refractivity contribution in [3.05, 3.63) is 30.1 Å². The molecule has 1 aromatic heterocycles. The van der Waals surface area contributed by atoms with Crippen LogP contribution in [0.4, 0.5) is 0 Å². The molecule has 0 aliphatic carbocycles. The van der Waals surface area contributed by atoms with Crippen molar-refractivity contribution in [2.24, 2.45) is 5.73 Å². The first-order valence-corrected chi connectivity index (χ1v) is 8.00. The number of aromatic nitrogens is 1. The van der Waals surface area contributed by atoms with E-state index in [0.717, 1.165) is 18.6 Å². The molecule has 0 aliphatic heterocycles. The Labute approximate surface area is 119 Å². The molecule has 0 bridgehead atoms. The number of nitrogens with zero attached hydrogens (tertiary/aromatic N) is 2. The van der Waals surface area contributed by atoms with Crippen LogP contribution in [0.2, 0.25) is 0 Å². The van der Waals surface area contributed by atoms with Crippen LogP contribution in [-0.2, 0) is 11.2 Å². The fourth-order valence-electron chi connectivity index (χ4n) is 1.84. The molecule has 0 fully saturated rings. The molecule has 0 saturated heterocycles. The van der Waals surface area contributed by atoms with E-state index in [1.807, 2.05) is 30.2 Å². The molecule has 0 radical (unpaired) electrons. The van der Waals surface area contributed by atoms with Crippen molar-refractivity contribution < 1.29 is 4.79 Å². The zero-order valence-corrected chi connectivity index (χ0v) is 12.5. The van der Waals surface area contributed by atoms with Gasteiger partial charge in [0.05, 0.1) is 6.04 Å². The topological polar surface area (TPSA) is 59.2 Å². The van der Waals surface area contributed by atoms with Crippen molar-refractivity contribution in [1.29, 1.82) is 0 Å². The average Bonchev–Trinajstić information content (AvgIpc) is 2.46. The van der Waals surface area contributed by atoms with Gasteiger partial charge in [0.1, 0.15) is 0 Å². The van der Waals surface area contributed by atoms with E-state index in [1.165, 1.54) is 5.56 Å². The fraction of sp³-hybridized carbons (Fsp3) is 0.571. The summed E-state index contributed by atoms with van der Waals surface area (Å²) in [6.07, 6.45) is 7.16. The van der Waals surface area contributed by atoms with E-state index in [1.54, 1.807) is 24.2 Å². The van der Waals surface area contributed by atoms with Crippen LogP contribution < -0.4 is 5.73 Å². The molecule has 19 heavy (non-hydrogen) atoms. The summed E-state index contributed by atoms with van der Waals surface area (Å²) in [5.74, 6) is 0.986. The molecule has 1 heterocycles. The normalized spacial score (nSPS) is 12.2. The molecule has 0 aliphatic rings. The van der Waals surface area contributed by atoms with Gasteiger partial charge in [-0.15, -0.1) is 0 Å². The minimum Gasteiger partial charge on any atom is -0.341 e. The average molecular weight is 281 g/mol. The van der Waals surface area contributed by atoms with Gasteiger partial charge in [-0.05, 0) is 49.5 Å². The van der Waals surface area contributed by atoms with Gasteiger partial charge in [-0.1, -0.05) is 0 Å². The molecule has 1 atom stereocenters. The second kappa shape index (κ2) is 8.93. The van der Waals surface area contributed by atoms with E-state index < -0.39 is 0 Å². The molecule has 0 spiro atoms. The Morgan fingerprint density at radius 2 is 2.16 bits per heavy atom. The van der Waals surface area contributed by atoms with Crippen molar-refractivity contribution in [2.45, 2.75) is 25.8 Å². The van der Waals surface area contributed by atoms with Gasteiger partial charge in [-0.25, -0.2) is 0 Å². The van der Waals surface area contributed by atoms with Gasteiger partial charge in [0.25, 0.3) is 0 Å². The van der Waals surface area contributed by atoms with Crippen LogP contribution in [0.1, 0.15) is 18.9 Å². The first kappa shape index (κ1) is 16.0. The maximum absolute atomic E-state index is 12.2. The van der Waals surface area contributed by atoms with E-state index in [2.05, 4.69) is 4.98 Å². The summed E-state index contributed by atoms with van der Waals surface area (Å²) < 4.78 is 0. The van der Waals surface area contributed by atoms with E-state index in [0.29, 0.717) is 13.1 Å². The molecule has 5 heteroatoms. The molecule has 2 N–H and O–H groups in total. The van der Waals surface area contributed by atoms with Crippen molar-refractivity contribution >= 4 is 17.7 Å². The predicted octanol–water partition coefficient (Wildman–Crippen LogP) is 1.55. The van der Waals surface area contributed by atoms with Gasteiger partial charge >= 0.3 is 0 Å². The van der Waals surface area contributed by atoms with Crippen LogP contribution in [0, 0.1) is 0 Å². The largest absolute Gasteiger partial charge is 0.341 e. The van der Waals surface area contributed by atoms with Gasteiger partial charge in [-0.3, -0.25) is 9.78 Å². The first-order chi connectivity index (χ1) is 9.19. The molecule has 1 rings (SSSR count). The van der Waals surface area contributed by atoms with Crippen LogP contribution in [0.25, 0.3) is 0 Å². The molecule has 0 saturated carbocycles. The molecule has 0 unspecified atom stereocenters. The number of carbonyl (C=O) groups is 1. The number of rotatable bonds is 8. The Morgan fingerprint density at radius 3 is 2.74 bits per heavy atom. The summed E-state index contributed by atoms with van der Waals surface area (Å²) in [4.78, 5) is 18.0. The number of nitrogens with two attached hydrogens (primary N) is 1. The second-order valence-electron chi connectivity index (χ2n) is 4.41. The Morgan fingerprint density at radius 1 is 1.47 bits per heavy atom. The Balaban J connectivity index is 2.46. The third kappa shape index (κ3) is 5.61. The number of thioether (sulfide) groups is 1. The van der Waals surface area contributed by atoms with Gasteiger partial charge in [0.15, 0.2) is 0 Å². The number of carbonyl (C=O) groups excluding carboxylic acids is 1. The predicted molar refractivity (Wildman–Crippen MR) is 81.2 cm³/mol. The van der Waals surface area contributed by atoms with E-state index in [-0.39, 0.29) is 11.9 Å². The zero-order valence-electron chi connectivity index (χ0n) is 11.7. The minimum absolute atomic E-state index is 0.0607.